The van der Waals surface area contributed by atoms with Crippen LogP contribution in [-0.2, 0) is 4.79 Å². The number of hydrogen-bond acceptors (Lipinski definition) is 7. The molecule has 0 radical (unpaired) electrons. The molecule has 0 spiro atoms. The largest absolute Gasteiger partial charge is 0.490 e. The van der Waals surface area contributed by atoms with Crippen molar-refractivity contribution in [3.8, 4) is 23.1 Å². The van der Waals surface area contributed by atoms with Crippen molar-refractivity contribution in [3.05, 3.63) is 35.3 Å². The predicted molar refractivity (Wildman–Crippen MR) is 118 cm³/mol. The third kappa shape index (κ3) is 4.23. The number of nitrogens with two attached hydrogens (primary N) is 1. The van der Waals surface area contributed by atoms with Crippen molar-refractivity contribution in [2.45, 2.75) is 52.7 Å². The summed E-state index contributed by atoms with van der Waals surface area (Å²) in [7, 11) is 0. The molecule has 3 N–H and O–H groups in total. The number of nitrogens with zero attached hydrogens (tertiary/aromatic N) is 2. The highest BCUT2D eigenvalue weighted by atomic mass is 16.5. The van der Waals surface area contributed by atoms with Crippen LogP contribution in [0.15, 0.2) is 22.7 Å². The van der Waals surface area contributed by atoms with Crippen LogP contribution in [-0.4, -0.2) is 40.5 Å². The lowest BCUT2D eigenvalue weighted by atomic mass is 10.0. The van der Waals surface area contributed by atoms with Crippen LogP contribution in [0.5, 0.6) is 11.6 Å². The number of rotatable bonds is 7. The summed E-state index contributed by atoms with van der Waals surface area (Å²) in [5.74, 6) is 1.19. The summed E-state index contributed by atoms with van der Waals surface area (Å²) in [6.07, 6.45) is 2.62. The van der Waals surface area contributed by atoms with Crippen molar-refractivity contribution in [3.63, 3.8) is 0 Å². The van der Waals surface area contributed by atoms with Gasteiger partial charge in [-0.15, -0.1) is 0 Å². The average Bonchev–Trinajstić information content (AvgIpc) is 3.29. The number of carbonyl (C=O) groups is 2. The topological polar surface area (TPSA) is 130 Å². The van der Waals surface area contributed by atoms with Gasteiger partial charge in [-0.25, -0.2) is 9.97 Å². The first-order valence-corrected chi connectivity index (χ1v) is 10.5. The van der Waals surface area contributed by atoms with E-state index in [1.807, 2.05) is 27.7 Å². The van der Waals surface area contributed by atoms with E-state index in [1.54, 1.807) is 18.3 Å². The number of aromatic nitrogens is 2. The molecule has 0 bridgehead atoms. The van der Waals surface area contributed by atoms with Crippen molar-refractivity contribution < 1.29 is 23.5 Å². The molecule has 9 nitrogen and oxygen atoms in total. The van der Waals surface area contributed by atoms with E-state index in [4.69, 9.17) is 19.6 Å². The van der Waals surface area contributed by atoms with Crippen LogP contribution >= 0.6 is 0 Å². The molecule has 32 heavy (non-hydrogen) atoms. The van der Waals surface area contributed by atoms with Gasteiger partial charge in [0, 0.05) is 23.4 Å². The van der Waals surface area contributed by atoms with Crippen molar-refractivity contribution >= 4 is 22.6 Å². The lowest BCUT2D eigenvalue weighted by Crippen LogP contribution is -2.31. The Morgan fingerprint density at radius 1 is 1.31 bits per heavy atom. The van der Waals surface area contributed by atoms with Gasteiger partial charge >= 0.3 is 0 Å². The Labute approximate surface area is 185 Å². The second-order valence-corrected chi connectivity index (χ2v) is 8.18. The van der Waals surface area contributed by atoms with Gasteiger partial charge in [-0.3, -0.25) is 9.59 Å². The Morgan fingerprint density at radius 3 is 2.69 bits per heavy atom. The molecule has 0 unspecified atom stereocenters. The first-order chi connectivity index (χ1) is 15.2. The van der Waals surface area contributed by atoms with E-state index >= 15 is 0 Å². The van der Waals surface area contributed by atoms with Crippen molar-refractivity contribution in [1.29, 1.82) is 0 Å². The summed E-state index contributed by atoms with van der Waals surface area (Å²) in [5, 5.41) is 4.15. The maximum absolute atomic E-state index is 12.2. The minimum absolute atomic E-state index is 0.0140. The molecule has 1 aliphatic rings. The molecule has 4 rings (SSSR count). The zero-order valence-corrected chi connectivity index (χ0v) is 18.5. The highest BCUT2D eigenvalue weighted by molar-refractivity contribution is 6.05. The minimum Gasteiger partial charge on any atom is -0.490 e. The minimum atomic E-state index is -0.610. The quantitative estimate of drug-likeness (QED) is 0.580. The molecule has 1 saturated heterocycles. The van der Waals surface area contributed by atoms with Gasteiger partial charge in [-0.05, 0) is 46.2 Å². The van der Waals surface area contributed by atoms with E-state index in [9.17, 15) is 9.59 Å². The van der Waals surface area contributed by atoms with Gasteiger partial charge in [0.1, 0.15) is 18.1 Å². The Bertz CT molecular complexity index is 1180. The fraction of sp³-hybridized carbons (Fsp3) is 0.391. The maximum atomic E-state index is 12.2. The van der Waals surface area contributed by atoms with Gasteiger partial charge in [0.15, 0.2) is 0 Å². The molecular weight excluding hydrogens is 412 g/mol. The fourth-order valence-electron chi connectivity index (χ4n) is 3.64. The molecule has 2 amide bonds. The number of amides is 2. The summed E-state index contributed by atoms with van der Waals surface area (Å²) < 4.78 is 17.6. The standard InChI is InChI=1S/C23H26N4O5/c1-11(2)31-19-8-16-15(7-17(19)21(24)29)18(23-26-12(3)13(4)32-23)9-25-22(16)30-10-14-5-6-20(28)27-14/h7-9,11,14H,5-6,10H2,1-4H3,(H2,24,29)(H,27,28)/t14-/m0/s1. The number of benzene rings is 1. The highest BCUT2D eigenvalue weighted by Gasteiger charge is 2.24. The second-order valence-electron chi connectivity index (χ2n) is 8.18. The summed E-state index contributed by atoms with van der Waals surface area (Å²) >= 11 is 0. The third-order valence-electron chi connectivity index (χ3n) is 5.34. The molecule has 1 atom stereocenters. The number of hydrogen-bond donors (Lipinski definition) is 2. The molecule has 9 heteroatoms. The molecule has 0 aliphatic carbocycles. The second kappa shape index (κ2) is 8.49. The van der Waals surface area contributed by atoms with E-state index in [1.165, 1.54) is 0 Å². The Kier molecular flexibility index (Phi) is 5.73. The summed E-state index contributed by atoms with van der Waals surface area (Å²) in [6, 6.07) is 3.29. The predicted octanol–water partition coefficient (Wildman–Crippen LogP) is 3.05. The third-order valence-corrected chi connectivity index (χ3v) is 5.34. The Morgan fingerprint density at radius 2 is 2.09 bits per heavy atom. The number of nitrogens with one attached hydrogen (secondary N) is 1. The van der Waals surface area contributed by atoms with Crippen LogP contribution < -0.4 is 20.5 Å². The molecule has 3 heterocycles. The maximum Gasteiger partial charge on any atom is 0.252 e. The molecule has 3 aromatic rings. The number of pyridine rings is 1. The van der Waals surface area contributed by atoms with E-state index < -0.39 is 5.91 Å². The van der Waals surface area contributed by atoms with Crippen LogP contribution in [0, 0.1) is 13.8 Å². The summed E-state index contributed by atoms with van der Waals surface area (Å²) in [6.45, 7) is 7.69. The van der Waals surface area contributed by atoms with Crippen LogP contribution in [0.4, 0.5) is 0 Å². The smallest absolute Gasteiger partial charge is 0.252 e. The van der Waals surface area contributed by atoms with Gasteiger partial charge in [0.2, 0.25) is 17.7 Å². The zero-order chi connectivity index (χ0) is 23.0. The van der Waals surface area contributed by atoms with Crippen LogP contribution in [0.2, 0.25) is 0 Å². The molecule has 1 aromatic carbocycles. The van der Waals surface area contributed by atoms with Gasteiger partial charge in [0.05, 0.1) is 29.0 Å². The number of carbonyl (C=O) groups excluding carboxylic acids is 2. The van der Waals surface area contributed by atoms with Crippen LogP contribution in [0.25, 0.3) is 22.2 Å². The van der Waals surface area contributed by atoms with Crippen molar-refractivity contribution in [2.24, 2.45) is 5.73 Å². The zero-order valence-electron chi connectivity index (χ0n) is 18.5. The first kappa shape index (κ1) is 21.6. The van der Waals surface area contributed by atoms with Gasteiger partial charge in [0.25, 0.3) is 5.91 Å². The fourth-order valence-corrected chi connectivity index (χ4v) is 3.64. The number of fused-ring (bicyclic) bond motifs is 1. The number of aryl methyl sites for hydroxylation is 2. The van der Waals surface area contributed by atoms with Gasteiger partial charge < -0.3 is 24.9 Å². The van der Waals surface area contributed by atoms with Crippen molar-refractivity contribution in [1.82, 2.24) is 15.3 Å². The number of ether oxygens (including phenoxy) is 2. The molecule has 2 aromatic heterocycles. The van der Waals surface area contributed by atoms with E-state index in [0.717, 1.165) is 5.69 Å². The molecule has 1 aliphatic heterocycles. The monoisotopic (exact) mass is 438 g/mol. The number of primary amides is 1. The van der Waals surface area contributed by atoms with Gasteiger partial charge in [-0.1, -0.05) is 0 Å². The van der Waals surface area contributed by atoms with E-state index in [2.05, 4.69) is 15.3 Å². The lowest BCUT2D eigenvalue weighted by Gasteiger charge is -2.17. The summed E-state index contributed by atoms with van der Waals surface area (Å²) in [5.41, 5.74) is 7.26. The molecular formula is C23H26N4O5. The van der Waals surface area contributed by atoms with Crippen LogP contribution in [0.3, 0.4) is 0 Å². The van der Waals surface area contributed by atoms with Crippen molar-refractivity contribution in [2.75, 3.05) is 6.61 Å². The molecule has 0 saturated carbocycles. The Hall–Kier alpha value is -3.62. The molecule has 168 valence electrons. The average molecular weight is 438 g/mol. The SMILES string of the molecule is Cc1nc(-c2cnc(OC[C@@H]3CCC(=O)N3)c3cc(OC(C)C)c(C(N)=O)cc23)oc1C. The first-order valence-electron chi connectivity index (χ1n) is 10.5. The van der Waals surface area contributed by atoms with E-state index in [0.29, 0.717) is 52.5 Å². The lowest BCUT2D eigenvalue weighted by molar-refractivity contribution is -0.119. The summed E-state index contributed by atoms with van der Waals surface area (Å²) in [4.78, 5) is 32.7. The normalized spacial score (nSPS) is 15.9. The Balaban J connectivity index is 1.85. The number of oxazole rings is 1. The van der Waals surface area contributed by atoms with Crippen LogP contribution in [0.1, 0.15) is 48.5 Å². The van der Waals surface area contributed by atoms with E-state index in [-0.39, 0.29) is 30.2 Å². The van der Waals surface area contributed by atoms with Gasteiger partial charge in [-0.2, -0.15) is 0 Å². The molecule has 1 fully saturated rings. The highest BCUT2D eigenvalue weighted by Crippen LogP contribution is 2.37.